The van der Waals surface area contributed by atoms with E-state index >= 15 is 0 Å². The number of benzene rings is 2. The summed E-state index contributed by atoms with van der Waals surface area (Å²) in [6.07, 6.45) is 3.58. The molecule has 0 aliphatic carbocycles. The van der Waals surface area contributed by atoms with Crippen molar-refractivity contribution in [3.63, 3.8) is 0 Å². The van der Waals surface area contributed by atoms with Gasteiger partial charge < -0.3 is 29.7 Å². The molecule has 7 nitrogen and oxygen atoms in total. The lowest BCUT2D eigenvalue weighted by Gasteiger charge is -2.11. The highest BCUT2D eigenvalue weighted by atomic mass is 16.5. The van der Waals surface area contributed by atoms with E-state index in [0.29, 0.717) is 30.2 Å². The zero-order valence-corrected chi connectivity index (χ0v) is 15.5. The van der Waals surface area contributed by atoms with Crippen LogP contribution in [0.5, 0.6) is 28.7 Å². The average Bonchev–Trinajstić information content (AvgIpc) is 2.68. The second kappa shape index (κ2) is 9.38. The smallest absolute Gasteiger partial charge is 0.244 e. The van der Waals surface area contributed by atoms with Crippen molar-refractivity contribution in [3.8, 4) is 28.7 Å². The van der Waals surface area contributed by atoms with E-state index in [9.17, 15) is 15.0 Å². The van der Waals surface area contributed by atoms with Crippen LogP contribution < -0.4 is 19.5 Å². The van der Waals surface area contributed by atoms with E-state index in [1.54, 1.807) is 30.3 Å². The van der Waals surface area contributed by atoms with E-state index in [1.807, 2.05) is 0 Å². The maximum absolute atomic E-state index is 12.0. The molecule has 0 atom stereocenters. The van der Waals surface area contributed by atoms with E-state index in [2.05, 4.69) is 5.32 Å². The zero-order chi connectivity index (χ0) is 19.8. The van der Waals surface area contributed by atoms with Gasteiger partial charge in [-0.15, -0.1) is 0 Å². The Labute approximate surface area is 157 Å². The van der Waals surface area contributed by atoms with Crippen LogP contribution in [0.3, 0.4) is 0 Å². The van der Waals surface area contributed by atoms with Gasteiger partial charge >= 0.3 is 0 Å². The molecule has 2 aromatic carbocycles. The molecular weight excluding hydrogens is 350 g/mol. The van der Waals surface area contributed by atoms with Crippen LogP contribution in [-0.4, -0.2) is 44.0 Å². The van der Waals surface area contributed by atoms with Crippen LogP contribution in [0.4, 0.5) is 0 Å². The second-order valence-corrected chi connectivity index (χ2v) is 5.65. The summed E-state index contributed by atoms with van der Waals surface area (Å²) in [5.74, 6) is 0.708. The largest absolute Gasteiger partial charge is 0.504 e. The summed E-state index contributed by atoms with van der Waals surface area (Å²) >= 11 is 0. The highest BCUT2D eigenvalue weighted by molar-refractivity contribution is 5.91. The molecule has 0 radical (unpaired) electrons. The Bertz CT molecular complexity index is 806. The number of hydrogen-bond donors (Lipinski definition) is 3. The van der Waals surface area contributed by atoms with Crippen LogP contribution in [0, 0.1) is 0 Å². The van der Waals surface area contributed by atoms with Gasteiger partial charge in [-0.25, -0.2) is 0 Å². The molecule has 0 saturated heterocycles. The minimum absolute atomic E-state index is 0.0406. The zero-order valence-electron chi connectivity index (χ0n) is 15.5. The third kappa shape index (κ3) is 5.31. The van der Waals surface area contributed by atoms with Gasteiger partial charge in [0.1, 0.15) is 0 Å². The molecule has 3 N–H and O–H groups in total. The van der Waals surface area contributed by atoms with E-state index in [0.717, 1.165) is 11.1 Å². The highest BCUT2D eigenvalue weighted by Gasteiger charge is 2.11. The number of phenolic OH excluding ortho intramolecular Hbond substituents is 2. The fourth-order valence-corrected chi connectivity index (χ4v) is 2.45. The van der Waals surface area contributed by atoms with Crippen LogP contribution >= 0.6 is 0 Å². The monoisotopic (exact) mass is 373 g/mol. The molecule has 0 spiro atoms. The van der Waals surface area contributed by atoms with E-state index in [4.69, 9.17) is 14.2 Å². The molecule has 2 aromatic rings. The Balaban J connectivity index is 1.93. The number of carbonyl (C=O) groups excluding carboxylic acids is 1. The quantitative estimate of drug-likeness (QED) is 0.615. The van der Waals surface area contributed by atoms with Gasteiger partial charge in [0.2, 0.25) is 11.7 Å². The number of aromatic hydroxyl groups is 2. The lowest BCUT2D eigenvalue weighted by atomic mass is 10.1. The summed E-state index contributed by atoms with van der Waals surface area (Å²) in [6.45, 7) is 0.402. The molecule has 0 aromatic heterocycles. The number of methoxy groups -OCH3 is 3. The highest BCUT2D eigenvalue weighted by Crippen LogP contribution is 2.37. The standard InChI is InChI=1S/C20H23NO6/c1-25-16-10-13(4-6-15(16)22)5-7-19(23)21-9-8-14-11-17(26-2)20(24)18(12-14)27-3/h4-7,10-12,22,24H,8-9H2,1-3H3,(H,21,23). The Kier molecular flexibility index (Phi) is 6.93. The first-order chi connectivity index (χ1) is 13.0. The number of phenols is 2. The number of nitrogens with one attached hydrogen (secondary N) is 1. The molecule has 7 heteroatoms. The van der Waals surface area contributed by atoms with Crippen molar-refractivity contribution in [2.75, 3.05) is 27.9 Å². The number of carbonyl (C=O) groups is 1. The number of hydrogen-bond acceptors (Lipinski definition) is 6. The molecule has 0 aliphatic heterocycles. The van der Waals surface area contributed by atoms with Crippen molar-refractivity contribution in [3.05, 3.63) is 47.5 Å². The van der Waals surface area contributed by atoms with Gasteiger partial charge in [-0.05, 0) is 47.9 Å². The van der Waals surface area contributed by atoms with E-state index < -0.39 is 0 Å². The fraction of sp³-hybridized carbons (Fsp3) is 0.250. The first-order valence-corrected chi connectivity index (χ1v) is 8.25. The molecule has 0 bridgehead atoms. The normalized spacial score (nSPS) is 10.6. The van der Waals surface area contributed by atoms with Crippen LogP contribution in [0.2, 0.25) is 0 Å². The van der Waals surface area contributed by atoms with E-state index in [1.165, 1.54) is 33.5 Å². The number of ether oxygens (including phenoxy) is 3. The van der Waals surface area contributed by atoms with E-state index in [-0.39, 0.29) is 17.4 Å². The topological polar surface area (TPSA) is 97.3 Å². The first kappa shape index (κ1) is 20.0. The van der Waals surface area contributed by atoms with Gasteiger partial charge in [0, 0.05) is 12.6 Å². The van der Waals surface area contributed by atoms with Crippen molar-refractivity contribution in [2.45, 2.75) is 6.42 Å². The van der Waals surface area contributed by atoms with Crippen LogP contribution in [0.15, 0.2) is 36.4 Å². The first-order valence-electron chi connectivity index (χ1n) is 8.25. The SMILES string of the molecule is COc1cc(C=CC(=O)NCCc2cc(OC)c(O)c(OC)c2)ccc1O. The summed E-state index contributed by atoms with van der Waals surface area (Å²) in [5.41, 5.74) is 1.59. The van der Waals surface area contributed by atoms with Crippen molar-refractivity contribution in [1.82, 2.24) is 5.32 Å². The van der Waals surface area contributed by atoms with Gasteiger partial charge in [-0.3, -0.25) is 4.79 Å². The molecule has 0 fully saturated rings. The Morgan fingerprint density at radius 1 is 1.00 bits per heavy atom. The Morgan fingerprint density at radius 2 is 1.63 bits per heavy atom. The van der Waals surface area contributed by atoms with Gasteiger partial charge in [0.05, 0.1) is 21.3 Å². The number of amides is 1. The molecule has 144 valence electrons. The maximum atomic E-state index is 12.0. The van der Waals surface area contributed by atoms with Crippen LogP contribution in [0.1, 0.15) is 11.1 Å². The predicted molar refractivity (Wildman–Crippen MR) is 102 cm³/mol. The predicted octanol–water partition coefficient (Wildman–Crippen LogP) is 2.50. The summed E-state index contributed by atoms with van der Waals surface area (Å²) in [5, 5.41) is 22.3. The summed E-state index contributed by atoms with van der Waals surface area (Å²) in [6, 6.07) is 8.21. The Hall–Kier alpha value is -3.35. The summed E-state index contributed by atoms with van der Waals surface area (Å²) in [4.78, 5) is 12.0. The molecular formula is C20H23NO6. The van der Waals surface area contributed by atoms with Gasteiger partial charge in [0.25, 0.3) is 0 Å². The minimum atomic E-state index is -0.250. The van der Waals surface area contributed by atoms with Crippen molar-refractivity contribution in [1.29, 1.82) is 0 Å². The third-order valence-corrected chi connectivity index (χ3v) is 3.88. The van der Waals surface area contributed by atoms with Gasteiger partial charge in [-0.2, -0.15) is 0 Å². The van der Waals surface area contributed by atoms with Crippen molar-refractivity contribution >= 4 is 12.0 Å². The molecule has 27 heavy (non-hydrogen) atoms. The Morgan fingerprint density at radius 3 is 2.22 bits per heavy atom. The summed E-state index contributed by atoms with van der Waals surface area (Å²) in [7, 11) is 4.38. The molecule has 0 unspecified atom stereocenters. The third-order valence-electron chi connectivity index (χ3n) is 3.88. The van der Waals surface area contributed by atoms with Crippen molar-refractivity contribution in [2.24, 2.45) is 0 Å². The molecule has 0 heterocycles. The van der Waals surface area contributed by atoms with Gasteiger partial charge in [0.15, 0.2) is 23.0 Å². The van der Waals surface area contributed by atoms with Crippen LogP contribution in [-0.2, 0) is 11.2 Å². The lowest BCUT2D eigenvalue weighted by Crippen LogP contribution is -2.23. The van der Waals surface area contributed by atoms with Gasteiger partial charge in [-0.1, -0.05) is 6.07 Å². The average molecular weight is 373 g/mol. The van der Waals surface area contributed by atoms with Crippen LogP contribution in [0.25, 0.3) is 6.08 Å². The molecule has 0 saturated carbocycles. The van der Waals surface area contributed by atoms with Crippen molar-refractivity contribution < 1.29 is 29.2 Å². The lowest BCUT2D eigenvalue weighted by molar-refractivity contribution is -0.116. The maximum Gasteiger partial charge on any atom is 0.244 e. The minimum Gasteiger partial charge on any atom is -0.504 e. The molecule has 2 rings (SSSR count). The fourth-order valence-electron chi connectivity index (χ4n) is 2.45. The number of rotatable bonds is 8. The molecule has 1 amide bonds. The molecule has 0 aliphatic rings. The summed E-state index contributed by atoms with van der Waals surface area (Å²) < 4.78 is 15.3. The second-order valence-electron chi connectivity index (χ2n) is 5.65.